The Balaban J connectivity index is 2.27. The Bertz CT molecular complexity index is 422. The molecule has 0 saturated carbocycles. The predicted molar refractivity (Wildman–Crippen MR) is 82.8 cm³/mol. The second kappa shape index (κ2) is 5.72. The second-order valence-electron chi connectivity index (χ2n) is 5.01. The monoisotopic (exact) mass is 284 g/mol. The van der Waals surface area contributed by atoms with Crippen LogP contribution in [0.4, 0.5) is 5.69 Å². The highest BCUT2D eigenvalue weighted by Gasteiger charge is 2.26. The molecule has 1 aliphatic heterocycles. The molecular formula is C14H21ClN2S. The first kappa shape index (κ1) is 14.0. The summed E-state index contributed by atoms with van der Waals surface area (Å²) in [7, 11) is 0. The molecule has 2 nitrogen and oxygen atoms in total. The van der Waals surface area contributed by atoms with E-state index in [0.29, 0.717) is 11.3 Å². The van der Waals surface area contributed by atoms with Crippen molar-refractivity contribution >= 4 is 29.1 Å². The smallest absolute Gasteiger partial charge is 0.0643 e. The predicted octanol–water partition coefficient (Wildman–Crippen LogP) is 3.69. The maximum Gasteiger partial charge on any atom is 0.0643 e. The number of hydrogen-bond acceptors (Lipinski definition) is 3. The fraction of sp³-hybridized carbons (Fsp3) is 0.571. The summed E-state index contributed by atoms with van der Waals surface area (Å²) >= 11 is 8.45. The number of nitrogens with two attached hydrogens (primary N) is 1. The van der Waals surface area contributed by atoms with Crippen molar-refractivity contribution < 1.29 is 0 Å². The molecule has 4 heteroatoms. The van der Waals surface area contributed by atoms with Crippen molar-refractivity contribution in [2.75, 3.05) is 17.2 Å². The van der Waals surface area contributed by atoms with E-state index in [1.165, 1.54) is 0 Å². The third kappa shape index (κ3) is 2.79. The van der Waals surface area contributed by atoms with Crippen molar-refractivity contribution in [3.05, 3.63) is 28.8 Å². The Labute approximate surface area is 119 Å². The van der Waals surface area contributed by atoms with Crippen LogP contribution in [0.25, 0.3) is 0 Å². The highest BCUT2D eigenvalue weighted by molar-refractivity contribution is 8.00. The van der Waals surface area contributed by atoms with Gasteiger partial charge in [0.25, 0.3) is 0 Å². The van der Waals surface area contributed by atoms with Crippen molar-refractivity contribution in [3.63, 3.8) is 0 Å². The normalized spacial score (nSPS) is 26.2. The van der Waals surface area contributed by atoms with E-state index in [1.54, 1.807) is 0 Å². The largest absolute Gasteiger partial charge is 0.366 e. The molecule has 0 radical (unpaired) electrons. The summed E-state index contributed by atoms with van der Waals surface area (Å²) in [5.41, 5.74) is 8.12. The molecule has 1 aromatic carbocycles. The first-order valence-corrected chi connectivity index (χ1v) is 7.86. The molecule has 2 rings (SSSR count). The maximum atomic E-state index is 6.42. The van der Waals surface area contributed by atoms with Gasteiger partial charge >= 0.3 is 0 Å². The quantitative estimate of drug-likeness (QED) is 0.898. The average molecular weight is 285 g/mol. The topological polar surface area (TPSA) is 29.3 Å². The molecule has 1 heterocycles. The molecule has 2 unspecified atom stereocenters. The third-order valence-corrected chi connectivity index (χ3v) is 5.33. The summed E-state index contributed by atoms with van der Waals surface area (Å²) < 4.78 is 0. The lowest BCUT2D eigenvalue weighted by Crippen LogP contribution is -2.44. The van der Waals surface area contributed by atoms with E-state index < -0.39 is 0 Å². The van der Waals surface area contributed by atoms with Gasteiger partial charge in [-0.15, -0.1) is 0 Å². The van der Waals surface area contributed by atoms with Crippen molar-refractivity contribution in [1.29, 1.82) is 0 Å². The highest BCUT2D eigenvalue weighted by Crippen LogP contribution is 2.34. The van der Waals surface area contributed by atoms with Crippen LogP contribution >= 0.6 is 23.4 Å². The summed E-state index contributed by atoms with van der Waals surface area (Å²) in [4.78, 5) is 2.41. The highest BCUT2D eigenvalue weighted by atomic mass is 35.5. The van der Waals surface area contributed by atoms with E-state index in [9.17, 15) is 0 Å². The van der Waals surface area contributed by atoms with E-state index in [4.69, 9.17) is 17.3 Å². The fourth-order valence-corrected chi connectivity index (χ4v) is 3.71. The van der Waals surface area contributed by atoms with Gasteiger partial charge in [0.1, 0.15) is 0 Å². The van der Waals surface area contributed by atoms with Crippen molar-refractivity contribution in [2.24, 2.45) is 5.73 Å². The molecule has 1 fully saturated rings. The van der Waals surface area contributed by atoms with Crippen LogP contribution in [0.3, 0.4) is 0 Å². The van der Waals surface area contributed by atoms with Crippen LogP contribution in [0.5, 0.6) is 0 Å². The average Bonchev–Trinajstić information content (AvgIpc) is 2.33. The zero-order chi connectivity index (χ0) is 13.3. The Morgan fingerprint density at radius 3 is 2.78 bits per heavy atom. The summed E-state index contributed by atoms with van der Waals surface area (Å²) in [5.74, 6) is 1.16. The van der Waals surface area contributed by atoms with Crippen LogP contribution in [0.1, 0.15) is 32.4 Å². The molecule has 100 valence electrons. The summed E-state index contributed by atoms with van der Waals surface area (Å²) in [5, 5.41) is 1.46. The maximum absolute atomic E-state index is 6.42. The van der Waals surface area contributed by atoms with E-state index in [-0.39, 0.29) is 6.04 Å². The third-order valence-electron chi connectivity index (χ3n) is 3.69. The molecule has 1 aliphatic rings. The van der Waals surface area contributed by atoms with Gasteiger partial charge in [-0.25, -0.2) is 0 Å². The zero-order valence-electron chi connectivity index (χ0n) is 11.2. The van der Waals surface area contributed by atoms with Gasteiger partial charge in [0.05, 0.1) is 10.7 Å². The standard InChI is InChI=1S/C14H21ClN2S/c1-9(16)12-4-5-14(13(15)8-12)17-6-7-18-11(3)10(17)2/h4-5,8-11H,6-7,16H2,1-3H3/t9-,10?,11?/m0/s1. The van der Waals surface area contributed by atoms with E-state index in [2.05, 4.69) is 30.9 Å². The lowest BCUT2D eigenvalue weighted by atomic mass is 10.1. The van der Waals surface area contributed by atoms with E-state index in [0.717, 1.165) is 28.6 Å². The number of thioether (sulfide) groups is 1. The molecule has 1 aromatic rings. The number of hydrogen-bond donors (Lipinski definition) is 1. The van der Waals surface area contributed by atoms with Crippen molar-refractivity contribution in [3.8, 4) is 0 Å². The number of nitrogens with zero attached hydrogens (tertiary/aromatic N) is 1. The molecule has 0 spiro atoms. The Morgan fingerprint density at radius 1 is 1.44 bits per heavy atom. The second-order valence-corrected chi connectivity index (χ2v) is 6.90. The zero-order valence-corrected chi connectivity index (χ0v) is 12.8. The summed E-state index contributed by atoms with van der Waals surface area (Å²) in [6, 6.07) is 6.75. The Hall–Kier alpha value is -0.380. The SMILES string of the molecule is CC1SCCN(c2ccc([C@H](C)N)cc2Cl)C1C. The summed E-state index contributed by atoms with van der Waals surface area (Å²) in [6.45, 7) is 7.60. The number of rotatable bonds is 2. The first-order chi connectivity index (χ1) is 8.50. The molecular weight excluding hydrogens is 264 g/mol. The van der Waals surface area contributed by atoms with Crippen LogP contribution in [-0.2, 0) is 0 Å². The number of anilines is 1. The molecule has 0 aromatic heterocycles. The Morgan fingerprint density at radius 2 is 2.17 bits per heavy atom. The van der Waals surface area contributed by atoms with Crippen LogP contribution in [-0.4, -0.2) is 23.6 Å². The molecule has 3 atom stereocenters. The van der Waals surface area contributed by atoms with Crippen LogP contribution in [0.2, 0.25) is 5.02 Å². The minimum absolute atomic E-state index is 0.0322. The van der Waals surface area contributed by atoms with Gasteiger partial charge in [0.15, 0.2) is 0 Å². The molecule has 0 aliphatic carbocycles. The molecule has 0 amide bonds. The molecule has 2 N–H and O–H groups in total. The van der Waals surface area contributed by atoms with E-state index >= 15 is 0 Å². The fourth-order valence-electron chi connectivity index (χ4n) is 2.31. The van der Waals surface area contributed by atoms with Crippen LogP contribution in [0.15, 0.2) is 18.2 Å². The van der Waals surface area contributed by atoms with Gasteiger partial charge in [0.2, 0.25) is 0 Å². The lowest BCUT2D eigenvalue weighted by molar-refractivity contribution is 0.627. The first-order valence-electron chi connectivity index (χ1n) is 6.44. The molecule has 1 saturated heterocycles. The molecule has 0 bridgehead atoms. The van der Waals surface area contributed by atoms with Gasteiger partial charge in [-0.05, 0) is 31.5 Å². The lowest BCUT2D eigenvalue weighted by Gasteiger charge is -2.39. The van der Waals surface area contributed by atoms with E-state index in [1.807, 2.05) is 24.8 Å². The van der Waals surface area contributed by atoms with Gasteiger partial charge in [-0.2, -0.15) is 11.8 Å². The minimum Gasteiger partial charge on any atom is -0.366 e. The summed E-state index contributed by atoms with van der Waals surface area (Å²) in [6.07, 6.45) is 0. The van der Waals surface area contributed by atoms with Crippen molar-refractivity contribution in [1.82, 2.24) is 0 Å². The Kier molecular flexibility index (Phi) is 4.46. The number of benzene rings is 1. The minimum atomic E-state index is 0.0322. The van der Waals surface area contributed by atoms with Crippen LogP contribution < -0.4 is 10.6 Å². The van der Waals surface area contributed by atoms with Gasteiger partial charge in [-0.3, -0.25) is 0 Å². The van der Waals surface area contributed by atoms with Crippen molar-refractivity contribution in [2.45, 2.75) is 38.1 Å². The number of halogens is 1. The van der Waals surface area contributed by atoms with Crippen LogP contribution in [0, 0.1) is 0 Å². The van der Waals surface area contributed by atoms with Gasteiger partial charge < -0.3 is 10.6 Å². The van der Waals surface area contributed by atoms with Gasteiger partial charge in [0, 0.05) is 29.6 Å². The molecule has 18 heavy (non-hydrogen) atoms. The van der Waals surface area contributed by atoms with Gasteiger partial charge in [-0.1, -0.05) is 24.6 Å².